The summed E-state index contributed by atoms with van der Waals surface area (Å²) in [6.45, 7) is -0.474. The molecule has 2 N–H and O–H groups in total. The number of alkyl halides is 4. The number of benzene rings is 2. The van der Waals surface area contributed by atoms with Gasteiger partial charge in [-0.2, -0.15) is 13.2 Å². The number of amides is 1. The zero-order valence-corrected chi connectivity index (χ0v) is 24.9. The molecule has 4 rings (SSSR count). The summed E-state index contributed by atoms with van der Waals surface area (Å²) in [7, 11) is 6.00. The van der Waals surface area contributed by atoms with E-state index in [1.54, 1.807) is 55.4 Å². The first-order valence-corrected chi connectivity index (χ1v) is 13.9. The predicted molar refractivity (Wildman–Crippen MR) is 160 cm³/mol. The van der Waals surface area contributed by atoms with Gasteiger partial charge in [0, 0.05) is 38.3 Å². The van der Waals surface area contributed by atoms with Gasteiger partial charge in [0.25, 0.3) is 0 Å². The maximum Gasteiger partial charge on any atom is 0.406 e. The summed E-state index contributed by atoms with van der Waals surface area (Å²) in [6.07, 6.45) is -5.36. The molecule has 0 unspecified atom stereocenters. The highest BCUT2D eigenvalue weighted by Gasteiger charge is 2.32. The standard InChI is InChI=1S/C31H35F4N5O4/c1-38(2)29(41)18-39-14-12-25(23(32)17-39)37-24-8-5-9-27-22(24)16-21(40(27)19-31(33,34)35)7-6-13-36-26-11-10-20(30(42)44-4)15-28(26)43-3/h5,8-11,15-16,23,25,36-37H,12-14,17-19H2,1-4H3/t23-,25+/m1/s1. The number of carbonyl (C=O) groups is 2. The van der Waals surface area contributed by atoms with E-state index in [1.165, 1.54) is 25.2 Å². The molecule has 1 amide bonds. The molecule has 2 atom stereocenters. The number of anilines is 2. The van der Waals surface area contributed by atoms with Crippen molar-refractivity contribution in [3.63, 3.8) is 0 Å². The molecule has 1 aromatic heterocycles. The van der Waals surface area contributed by atoms with Crippen LogP contribution in [0.1, 0.15) is 22.5 Å². The molecule has 1 aliphatic heterocycles. The van der Waals surface area contributed by atoms with Gasteiger partial charge in [0.1, 0.15) is 18.5 Å². The quantitative estimate of drug-likeness (QED) is 0.210. The van der Waals surface area contributed by atoms with Crippen LogP contribution in [0.4, 0.5) is 28.9 Å². The number of fused-ring (bicyclic) bond motifs is 1. The van der Waals surface area contributed by atoms with E-state index >= 15 is 4.39 Å². The minimum atomic E-state index is -4.50. The van der Waals surface area contributed by atoms with Crippen LogP contribution in [-0.4, -0.2) is 99.1 Å². The number of esters is 1. The Kier molecular flexibility index (Phi) is 10.3. The lowest BCUT2D eigenvalue weighted by Gasteiger charge is -2.35. The maximum absolute atomic E-state index is 15.2. The smallest absolute Gasteiger partial charge is 0.406 e. The molecule has 0 spiro atoms. The van der Waals surface area contributed by atoms with E-state index in [0.717, 1.165) is 4.57 Å². The highest BCUT2D eigenvalue weighted by molar-refractivity contribution is 5.94. The van der Waals surface area contributed by atoms with Crippen molar-refractivity contribution in [3.05, 3.63) is 53.7 Å². The van der Waals surface area contributed by atoms with Crippen LogP contribution in [0.2, 0.25) is 0 Å². The molecule has 0 aliphatic carbocycles. The molecular weight excluding hydrogens is 582 g/mol. The van der Waals surface area contributed by atoms with Crippen LogP contribution < -0.4 is 15.4 Å². The summed E-state index contributed by atoms with van der Waals surface area (Å²) in [5.41, 5.74) is 1.80. The summed E-state index contributed by atoms with van der Waals surface area (Å²) in [5, 5.41) is 6.73. The van der Waals surface area contributed by atoms with Crippen LogP contribution in [0, 0.1) is 11.8 Å². The fraction of sp³-hybridized carbons (Fsp3) is 0.419. The van der Waals surface area contributed by atoms with Gasteiger partial charge in [-0.15, -0.1) is 0 Å². The summed E-state index contributed by atoms with van der Waals surface area (Å²) < 4.78 is 67.2. The van der Waals surface area contributed by atoms with Crippen molar-refractivity contribution in [1.82, 2.24) is 14.4 Å². The first-order valence-electron chi connectivity index (χ1n) is 13.9. The topological polar surface area (TPSA) is 88.1 Å². The Morgan fingerprint density at radius 1 is 1.11 bits per heavy atom. The number of halogens is 4. The Morgan fingerprint density at radius 2 is 1.89 bits per heavy atom. The van der Waals surface area contributed by atoms with Crippen molar-refractivity contribution in [3.8, 4) is 17.6 Å². The lowest BCUT2D eigenvalue weighted by Crippen LogP contribution is -2.50. The Hall–Kier alpha value is -4.44. The second-order valence-corrected chi connectivity index (χ2v) is 10.6. The fourth-order valence-corrected chi connectivity index (χ4v) is 5.03. The Labute approximate surface area is 253 Å². The van der Waals surface area contributed by atoms with Crippen LogP contribution in [0.3, 0.4) is 0 Å². The monoisotopic (exact) mass is 617 g/mol. The van der Waals surface area contributed by atoms with E-state index in [0.29, 0.717) is 46.6 Å². The van der Waals surface area contributed by atoms with Gasteiger partial charge in [-0.3, -0.25) is 9.69 Å². The van der Waals surface area contributed by atoms with Crippen molar-refractivity contribution in [1.29, 1.82) is 0 Å². The molecule has 0 radical (unpaired) electrons. The largest absolute Gasteiger partial charge is 0.495 e. The van der Waals surface area contributed by atoms with E-state index in [2.05, 4.69) is 22.5 Å². The third-order valence-electron chi connectivity index (χ3n) is 7.31. The molecule has 13 heteroatoms. The number of nitrogens with zero attached hydrogens (tertiary/aromatic N) is 3. The first kappa shape index (κ1) is 32.5. The summed E-state index contributed by atoms with van der Waals surface area (Å²) in [6, 6.07) is 10.6. The van der Waals surface area contributed by atoms with Crippen molar-refractivity contribution < 1.29 is 36.6 Å². The minimum absolute atomic E-state index is 0.0717. The molecule has 3 aromatic rings. The summed E-state index contributed by atoms with van der Waals surface area (Å²) in [5.74, 6) is 5.43. The van der Waals surface area contributed by atoms with Crippen LogP contribution in [0.5, 0.6) is 5.75 Å². The van der Waals surface area contributed by atoms with Crippen LogP contribution in [0.25, 0.3) is 10.9 Å². The van der Waals surface area contributed by atoms with E-state index in [4.69, 9.17) is 9.47 Å². The van der Waals surface area contributed by atoms with Crippen LogP contribution in [-0.2, 0) is 16.1 Å². The number of ether oxygens (including phenoxy) is 2. The van der Waals surface area contributed by atoms with Gasteiger partial charge in [-0.05, 0) is 48.7 Å². The first-order chi connectivity index (χ1) is 20.9. The second-order valence-electron chi connectivity index (χ2n) is 10.6. The van der Waals surface area contributed by atoms with E-state index in [-0.39, 0.29) is 31.2 Å². The lowest BCUT2D eigenvalue weighted by atomic mass is 10.0. The molecule has 44 heavy (non-hydrogen) atoms. The molecule has 236 valence electrons. The van der Waals surface area contributed by atoms with E-state index < -0.39 is 30.9 Å². The third-order valence-corrected chi connectivity index (χ3v) is 7.31. The van der Waals surface area contributed by atoms with Crippen molar-refractivity contribution in [2.75, 3.05) is 65.1 Å². The minimum Gasteiger partial charge on any atom is -0.495 e. The fourth-order valence-electron chi connectivity index (χ4n) is 5.03. The molecule has 1 saturated heterocycles. The number of likely N-dealkylation sites (tertiary alicyclic amines) is 1. The number of hydrogen-bond acceptors (Lipinski definition) is 7. The number of aromatic nitrogens is 1. The summed E-state index contributed by atoms with van der Waals surface area (Å²) in [4.78, 5) is 27.1. The Balaban J connectivity index is 1.54. The highest BCUT2D eigenvalue weighted by Crippen LogP contribution is 2.32. The average molecular weight is 618 g/mol. The van der Waals surface area contributed by atoms with Gasteiger partial charge < -0.3 is 29.6 Å². The molecule has 9 nitrogen and oxygen atoms in total. The third kappa shape index (κ3) is 7.93. The van der Waals surface area contributed by atoms with Crippen molar-refractivity contribution in [2.45, 2.75) is 31.4 Å². The van der Waals surface area contributed by atoms with Crippen LogP contribution >= 0.6 is 0 Å². The molecule has 2 heterocycles. The van der Waals surface area contributed by atoms with Gasteiger partial charge >= 0.3 is 12.1 Å². The number of piperidine rings is 1. The lowest BCUT2D eigenvalue weighted by molar-refractivity contribution is -0.140. The molecule has 0 bridgehead atoms. The Bertz CT molecular complexity index is 1560. The van der Waals surface area contributed by atoms with Crippen molar-refractivity contribution in [2.24, 2.45) is 0 Å². The molecular formula is C31H35F4N5O4. The number of methoxy groups -OCH3 is 2. The predicted octanol–water partition coefficient (Wildman–Crippen LogP) is 4.37. The van der Waals surface area contributed by atoms with Crippen LogP contribution in [0.15, 0.2) is 42.5 Å². The molecule has 0 saturated carbocycles. The van der Waals surface area contributed by atoms with Crippen molar-refractivity contribution >= 4 is 34.2 Å². The Morgan fingerprint density at radius 3 is 2.55 bits per heavy atom. The van der Waals surface area contributed by atoms with Gasteiger partial charge in [0.2, 0.25) is 5.91 Å². The number of likely N-dealkylation sites (N-methyl/N-ethyl adjacent to an activating group) is 1. The average Bonchev–Trinajstić information content (AvgIpc) is 3.32. The zero-order chi connectivity index (χ0) is 32.0. The van der Waals surface area contributed by atoms with Gasteiger partial charge in [-0.1, -0.05) is 12.0 Å². The van der Waals surface area contributed by atoms with E-state index in [9.17, 15) is 22.8 Å². The normalized spacial score (nSPS) is 17.0. The molecule has 1 fully saturated rings. The molecule has 1 aliphatic rings. The SMILES string of the molecule is COC(=O)c1ccc(NCC#Cc2cc3c(N[C@H]4CCN(CC(=O)N(C)C)C[C@H]4F)cccc3n2CC(F)(F)F)c(OC)c1. The number of hydrogen-bond donors (Lipinski definition) is 2. The highest BCUT2D eigenvalue weighted by atomic mass is 19.4. The zero-order valence-electron chi connectivity index (χ0n) is 24.9. The maximum atomic E-state index is 15.2. The summed E-state index contributed by atoms with van der Waals surface area (Å²) >= 11 is 0. The van der Waals surface area contributed by atoms with E-state index in [1.807, 2.05) is 0 Å². The number of carbonyl (C=O) groups excluding carboxylic acids is 2. The number of rotatable bonds is 9. The molecule has 2 aromatic carbocycles. The second kappa shape index (κ2) is 13.9. The number of nitrogens with one attached hydrogen (secondary N) is 2. The van der Waals surface area contributed by atoms with Gasteiger partial charge in [0.05, 0.1) is 55.8 Å². The van der Waals surface area contributed by atoms with Gasteiger partial charge in [0.15, 0.2) is 0 Å². The van der Waals surface area contributed by atoms with Gasteiger partial charge in [-0.25, -0.2) is 9.18 Å².